The van der Waals surface area contributed by atoms with E-state index in [1.165, 1.54) is 6.08 Å². The summed E-state index contributed by atoms with van der Waals surface area (Å²) in [6, 6.07) is 0. The van der Waals surface area contributed by atoms with Crippen LogP contribution in [-0.4, -0.2) is 24.1 Å². The van der Waals surface area contributed by atoms with Crippen molar-refractivity contribution >= 4 is 11.8 Å². The molecular formula is C13H20N2O4. The van der Waals surface area contributed by atoms with Crippen LogP contribution in [-0.2, 0) is 19.1 Å². The van der Waals surface area contributed by atoms with Crippen LogP contribution in [0.3, 0.4) is 0 Å². The summed E-state index contributed by atoms with van der Waals surface area (Å²) in [5.41, 5.74) is 6.64. The van der Waals surface area contributed by atoms with E-state index in [1.807, 2.05) is 0 Å². The van der Waals surface area contributed by atoms with Crippen molar-refractivity contribution in [1.29, 1.82) is 5.53 Å². The second kappa shape index (κ2) is 7.01. The minimum absolute atomic E-state index is 0.0413. The molecule has 0 aromatic rings. The topological polar surface area (TPSA) is 88.8 Å². The zero-order valence-electron chi connectivity index (χ0n) is 11.4. The zero-order chi connectivity index (χ0) is 14.3. The molecule has 0 aromatic heterocycles. The summed E-state index contributed by atoms with van der Waals surface area (Å²) in [5, 5.41) is 3.25. The van der Waals surface area contributed by atoms with Crippen molar-refractivity contribution in [2.45, 2.75) is 51.7 Å². The van der Waals surface area contributed by atoms with Crippen molar-refractivity contribution in [2.24, 2.45) is 5.11 Å². The SMILES string of the molecule is CC1(C)OC(=O)C=C(CC(=O)CCCCCN=N)O1. The number of ketones is 1. The van der Waals surface area contributed by atoms with Gasteiger partial charge in [-0.15, -0.1) is 0 Å². The van der Waals surface area contributed by atoms with E-state index in [0.29, 0.717) is 18.7 Å². The van der Waals surface area contributed by atoms with E-state index in [4.69, 9.17) is 15.0 Å². The summed E-state index contributed by atoms with van der Waals surface area (Å²) >= 11 is 0. The van der Waals surface area contributed by atoms with Crippen LogP contribution in [0.1, 0.15) is 46.0 Å². The van der Waals surface area contributed by atoms with Crippen molar-refractivity contribution < 1.29 is 19.1 Å². The molecule has 1 aliphatic rings. The first-order valence-electron chi connectivity index (χ1n) is 6.40. The van der Waals surface area contributed by atoms with Gasteiger partial charge in [-0.25, -0.2) is 10.3 Å². The Bertz CT molecular complexity index is 388. The number of ether oxygens (including phenoxy) is 2. The number of hydrogen-bond acceptors (Lipinski definition) is 6. The number of unbranched alkanes of at least 4 members (excludes halogenated alkanes) is 2. The molecule has 1 heterocycles. The van der Waals surface area contributed by atoms with Crippen LogP contribution in [0.4, 0.5) is 0 Å². The Labute approximate surface area is 112 Å². The molecule has 6 nitrogen and oxygen atoms in total. The van der Waals surface area contributed by atoms with Crippen molar-refractivity contribution in [3.63, 3.8) is 0 Å². The highest BCUT2D eigenvalue weighted by Gasteiger charge is 2.30. The lowest BCUT2D eigenvalue weighted by Crippen LogP contribution is -2.34. The van der Waals surface area contributed by atoms with Gasteiger partial charge in [-0.2, -0.15) is 5.11 Å². The van der Waals surface area contributed by atoms with Gasteiger partial charge in [0.05, 0.1) is 19.0 Å². The second-order valence-electron chi connectivity index (χ2n) is 4.94. The van der Waals surface area contributed by atoms with E-state index >= 15 is 0 Å². The number of esters is 1. The van der Waals surface area contributed by atoms with Crippen LogP contribution >= 0.6 is 0 Å². The van der Waals surface area contributed by atoms with Gasteiger partial charge in [0.15, 0.2) is 0 Å². The van der Waals surface area contributed by atoms with Crippen LogP contribution in [0.15, 0.2) is 16.9 Å². The Balaban J connectivity index is 2.32. The van der Waals surface area contributed by atoms with Crippen molar-refractivity contribution in [1.82, 2.24) is 0 Å². The van der Waals surface area contributed by atoms with Crippen molar-refractivity contribution in [3.8, 4) is 0 Å². The van der Waals surface area contributed by atoms with Crippen LogP contribution in [0.2, 0.25) is 0 Å². The number of nitrogens with one attached hydrogen (secondary N) is 1. The molecule has 0 unspecified atom stereocenters. The normalized spacial score (nSPS) is 17.2. The predicted molar refractivity (Wildman–Crippen MR) is 67.4 cm³/mol. The Morgan fingerprint density at radius 3 is 2.68 bits per heavy atom. The Hall–Kier alpha value is -1.72. The average Bonchev–Trinajstić information content (AvgIpc) is 2.25. The number of Topliss-reactive ketones (excluding diaryl/α,β-unsaturated/α-hetero) is 1. The molecule has 0 saturated heterocycles. The number of nitrogens with zero attached hydrogens (tertiary/aromatic N) is 1. The third-order valence-electron chi connectivity index (χ3n) is 2.60. The zero-order valence-corrected chi connectivity index (χ0v) is 11.4. The van der Waals surface area contributed by atoms with Gasteiger partial charge in [-0.3, -0.25) is 4.79 Å². The van der Waals surface area contributed by atoms with Crippen LogP contribution in [0.5, 0.6) is 0 Å². The predicted octanol–water partition coefficient (Wildman–Crippen LogP) is 2.73. The van der Waals surface area contributed by atoms with Gasteiger partial charge in [0.2, 0.25) is 5.79 Å². The molecule has 106 valence electrons. The van der Waals surface area contributed by atoms with E-state index in [2.05, 4.69) is 5.11 Å². The molecule has 0 bridgehead atoms. The lowest BCUT2D eigenvalue weighted by atomic mass is 10.1. The summed E-state index contributed by atoms with van der Waals surface area (Å²) < 4.78 is 10.4. The van der Waals surface area contributed by atoms with Crippen molar-refractivity contribution in [3.05, 3.63) is 11.8 Å². The van der Waals surface area contributed by atoms with Crippen LogP contribution < -0.4 is 0 Å². The number of carbonyl (C=O) groups is 2. The largest absolute Gasteiger partial charge is 0.456 e. The Morgan fingerprint density at radius 2 is 2.05 bits per heavy atom. The number of hydrogen-bond donors (Lipinski definition) is 1. The average molecular weight is 268 g/mol. The van der Waals surface area contributed by atoms with Gasteiger partial charge in [-0.05, 0) is 12.8 Å². The molecule has 0 aliphatic carbocycles. The van der Waals surface area contributed by atoms with E-state index in [1.54, 1.807) is 13.8 Å². The molecule has 0 saturated carbocycles. The van der Waals surface area contributed by atoms with E-state index < -0.39 is 11.8 Å². The Kier molecular flexibility index (Phi) is 5.66. The van der Waals surface area contributed by atoms with Crippen LogP contribution in [0.25, 0.3) is 0 Å². The van der Waals surface area contributed by atoms with Gasteiger partial charge in [-0.1, -0.05) is 6.42 Å². The summed E-state index contributed by atoms with van der Waals surface area (Å²) in [6.45, 7) is 3.78. The molecule has 0 fully saturated rings. The first kappa shape index (κ1) is 15.3. The molecular weight excluding hydrogens is 248 g/mol. The standard InChI is InChI=1S/C13H20N2O4/c1-13(2)18-11(9-12(17)19-13)8-10(16)6-4-3-5-7-15-14/h9,14H,3-8H2,1-2H3. The number of carbonyl (C=O) groups excluding carboxylic acids is 2. The summed E-state index contributed by atoms with van der Waals surface area (Å²) in [6.07, 6.45) is 4.28. The monoisotopic (exact) mass is 268 g/mol. The maximum absolute atomic E-state index is 11.7. The van der Waals surface area contributed by atoms with E-state index in [-0.39, 0.29) is 12.2 Å². The van der Waals surface area contributed by atoms with Gasteiger partial charge in [0.25, 0.3) is 0 Å². The fourth-order valence-corrected chi connectivity index (χ4v) is 1.83. The third-order valence-corrected chi connectivity index (χ3v) is 2.60. The highest BCUT2D eigenvalue weighted by molar-refractivity contribution is 5.86. The summed E-state index contributed by atoms with van der Waals surface area (Å²) in [4.78, 5) is 23.0. The molecule has 0 spiro atoms. The number of rotatable bonds is 8. The molecule has 19 heavy (non-hydrogen) atoms. The lowest BCUT2D eigenvalue weighted by Gasteiger charge is -2.30. The molecule has 0 radical (unpaired) electrons. The van der Waals surface area contributed by atoms with Gasteiger partial charge in [0, 0.05) is 20.3 Å². The highest BCUT2D eigenvalue weighted by atomic mass is 16.7. The fraction of sp³-hybridized carbons (Fsp3) is 0.692. The highest BCUT2D eigenvalue weighted by Crippen LogP contribution is 2.24. The molecule has 6 heteroatoms. The minimum atomic E-state index is -1.00. The summed E-state index contributed by atoms with van der Waals surface area (Å²) in [5.74, 6) is -1.07. The smallest absolute Gasteiger partial charge is 0.337 e. The first-order valence-corrected chi connectivity index (χ1v) is 6.40. The van der Waals surface area contributed by atoms with E-state index in [0.717, 1.165) is 19.3 Å². The van der Waals surface area contributed by atoms with Crippen LogP contribution in [0, 0.1) is 5.53 Å². The number of cyclic esters (lactones) is 1. The first-order chi connectivity index (χ1) is 8.93. The maximum atomic E-state index is 11.7. The quantitative estimate of drug-likeness (QED) is 0.416. The second-order valence-corrected chi connectivity index (χ2v) is 4.94. The fourth-order valence-electron chi connectivity index (χ4n) is 1.83. The molecule has 1 aliphatic heterocycles. The molecule has 1 rings (SSSR count). The van der Waals surface area contributed by atoms with Gasteiger partial charge >= 0.3 is 5.97 Å². The molecule has 1 N–H and O–H groups in total. The molecule has 0 atom stereocenters. The maximum Gasteiger partial charge on any atom is 0.337 e. The molecule has 0 aromatic carbocycles. The Morgan fingerprint density at radius 1 is 1.32 bits per heavy atom. The van der Waals surface area contributed by atoms with Crippen molar-refractivity contribution in [2.75, 3.05) is 6.54 Å². The third kappa shape index (κ3) is 6.13. The minimum Gasteiger partial charge on any atom is -0.456 e. The molecule has 0 amide bonds. The number of allylic oxidation sites excluding steroid dienone is 1. The lowest BCUT2D eigenvalue weighted by molar-refractivity contribution is -0.205. The van der Waals surface area contributed by atoms with Gasteiger partial charge < -0.3 is 9.47 Å². The van der Waals surface area contributed by atoms with E-state index in [9.17, 15) is 9.59 Å². The summed E-state index contributed by atoms with van der Waals surface area (Å²) in [7, 11) is 0. The van der Waals surface area contributed by atoms with Gasteiger partial charge in [0.1, 0.15) is 11.5 Å².